The third kappa shape index (κ3) is 5.08. The summed E-state index contributed by atoms with van der Waals surface area (Å²) in [6.45, 7) is 8.63. The summed E-state index contributed by atoms with van der Waals surface area (Å²) >= 11 is 6.00. The lowest BCUT2D eigenvalue weighted by Gasteiger charge is -2.31. The summed E-state index contributed by atoms with van der Waals surface area (Å²) in [6.07, 6.45) is 2.47. The second kappa shape index (κ2) is 8.66. The average Bonchev–Trinajstić information content (AvgIpc) is 2.40. The Hall–Kier alpha value is -0.570. The number of nitrogens with zero attached hydrogens (tertiary/aromatic N) is 1. The zero-order valence-electron chi connectivity index (χ0n) is 13.5. The van der Waals surface area contributed by atoms with Crippen LogP contribution in [0.5, 0.6) is 0 Å². The van der Waals surface area contributed by atoms with Crippen LogP contribution in [0.2, 0.25) is 5.02 Å². The number of hydrogen-bond acceptors (Lipinski definition) is 2. The molecule has 0 saturated carbocycles. The van der Waals surface area contributed by atoms with Crippen LogP contribution in [-0.2, 0) is 6.54 Å². The van der Waals surface area contributed by atoms with Gasteiger partial charge in [-0.15, -0.1) is 0 Å². The van der Waals surface area contributed by atoms with Crippen molar-refractivity contribution in [2.75, 3.05) is 20.6 Å². The molecule has 1 unspecified atom stereocenters. The number of likely N-dealkylation sites (N-methyl/N-ethyl adjacent to an activating group) is 1. The highest BCUT2D eigenvalue weighted by atomic mass is 35.5. The molecule has 114 valence electrons. The summed E-state index contributed by atoms with van der Waals surface area (Å²) in [7, 11) is 4.36. The summed E-state index contributed by atoms with van der Waals surface area (Å²) in [5, 5.41) is 4.42. The van der Waals surface area contributed by atoms with Crippen LogP contribution in [0.25, 0.3) is 0 Å². The van der Waals surface area contributed by atoms with E-state index in [1.165, 1.54) is 24.0 Å². The van der Waals surface area contributed by atoms with E-state index >= 15 is 0 Å². The summed E-state index contributed by atoms with van der Waals surface area (Å²) in [5.41, 5.74) is 2.59. The molecule has 1 atom stereocenters. The maximum atomic E-state index is 6.00. The van der Waals surface area contributed by atoms with Crippen molar-refractivity contribution < 1.29 is 0 Å². The van der Waals surface area contributed by atoms with Gasteiger partial charge in [-0.05, 0) is 50.2 Å². The van der Waals surface area contributed by atoms with E-state index in [2.05, 4.69) is 51.1 Å². The standard InChI is InChI=1S/C17H29ClN2/c1-6-14(7-2)17(20(4)5)12-19-11-15-8-9-16(18)10-13(15)3/h8-10,14,17,19H,6-7,11-12H2,1-5H3. The Morgan fingerprint density at radius 1 is 1.20 bits per heavy atom. The zero-order valence-corrected chi connectivity index (χ0v) is 14.3. The van der Waals surface area contributed by atoms with Gasteiger partial charge in [0.15, 0.2) is 0 Å². The molecule has 0 radical (unpaired) electrons. The Morgan fingerprint density at radius 2 is 1.85 bits per heavy atom. The molecule has 0 saturated heterocycles. The Bertz CT molecular complexity index is 400. The highest BCUT2D eigenvalue weighted by Gasteiger charge is 2.19. The molecule has 0 aliphatic heterocycles. The maximum absolute atomic E-state index is 6.00. The molecule has 1 aromatic rings. The third-order valence-electron chi connectivity index (χ3n) is 4.23. The molecule has 0 spiro atoms. The van der Waals surface area contributed by atoms with Crippen LogP contribution in [0.15, 0.2) is 18.2 Å². The fourth-order valence-electron chi connectivity index (χ4n) is 2.82. The predicted octanol–water partition coefficient (Wildman–Crippen LogP) is 4.10. The van der Waals surface area contributed by atoms with Gasteiger partial charge in [-0.25, -0.2) is 0 Å². The molecule has 0 amide bonds. The molecule has 1 aromatic carbocycles. The van der Waals surface area contributed by atoms with Crippen molar-refractivity contribution in [2.45, 2.75) is 46.2 Å². The lowest BCUT2D eigenvalue weighted by atomic mass is 9.93. The summed E-state index contributed by atoms with van der Waals surface area (Å²) in [6, 6.07) is 6.71. The van der Waals surface area contributed by atoms with Crippen LogP contribution in [-0.4, -0.2) is 31.6 Å². The molecule has 3 heteroatoms. The van der Waals surface area contributed by atoms with Crippen molar-refractivity contribution in [3.05, 3.63) is 34.3 Å². The van der Waals surface area contributed by atoms with Gasteiger partial charge in [0.2, 0.25) is 0 Å². The van der Waals surface area contributed by atoms with Crippen molar-refractivity contribution in [2.24, 2.45) is 5.92 Å². The quantitative estimate of drug-likeness (QED) is 0.777. The topological polar surface area (TPSA) is 15.3 Å². The highest BCUT2D eigenvalue weighted by molar-refractivity contribution is 6.30. The normalized spacial score (nSPS) is 13.2. The minimum Gasteiger partial charge on any atom is -0.311 e. The van der Waals surface area contributed by atoms with E-state index in [0.717, 1.165) is 24.0 Å². The molecule has 1 N–H and O–H groups in total. The summed E-state index contributed by atoms with van der Waals surface area (Å²) in [5.74, 6) is 0.754. The Balaban J connectivity index is 2.56. The SMILES string of the molecule is CCC(CC)C(CNCc1ccc(Cl)cc1C)N(C)C. The van der Waals surface area contributed by atoms with Gasteiger partial charge in [0.1, 0.15) is 0 Å². The second-order valence-corrected chi connectivity index (χ2v) is 6.25. The van der Waals surface area contributed by atoms with E-state index in [0.29, 0.717) is 6.04 Å². The number of benzene rings is 1. The van der Waals surface area contributed by atoms with E-state index in [1.54, 1.807) is 0 Å². The molecular formula is C17H29ClN2. The molecule has 1 rings (SSSR count). The lowest BCUT2D eigenvalue weighted by molar-refractivity contribution is 0.194. The smallest absolute Gasteiger partial charge is 0.0408 e. The fraction of sp³-hybridized carbons (Fsp3) is 0.647. The van der Waals surface area contributed by atoms with Crippen molar-refractivity contribution in [3.63, 3.8) is 0 Å². The molecule has 0 aliphatic carbocycles. The number of nitrogens with one attached hydrogen (secondary N) is 1. The van der Waals surface area contributed by atoms with Gasteiger partial charge in [-0.1, -0.05) is 44.4 Å². The molecule has 0 aromatic heterocycles. The van der Waals surface area contributed by atoms with Gasteiger partial charge in [0, 0.05) is 24.2 Å². The van der Waals surface area contributed by atoms with E-state index in [4.69, 9.17) is 11.6 Å². The van der Waals surface area contributed by atoms with Gasteiger partial charge in [0.05, 0.1) is 0 Å². The van der Waals surface area contributed by atoms with Gasteiger partial charge in [0.25, 0.3) is 0 Å². The van der Waals surface area contributed by atoms with Crippen LogP contribution in [0.3, 0.4) is 0 Å². The summed E-state index contributed by atoms with van der Waals surface area (Å²) in [4.78, 5) is 2.35. The Morgan fingerprint density at radius 3 is 2.35 bits per heavy atom. The monoisotopic (exact) mass is 296 g/mol. The van der Waals surface area contributed by atoms with E-state index in [1.807, 2.05) is 12.1 Å². The molecule has 0 fully saturated rings. The molecular weight excluding hydrogens is 268 g/mol. The number of aryl methyl sites for hydroxylation is 1. The van der Waals surface area contributed by atoms with E-state index in [-0.39, 0.29) is 0 Å². The fourth-order valence-corrected chi connectivity index (χ4v) is 3.04. The average molecular weight is 297 g/mol. The molecule has 2 nitrogen and oxygen atoms in total. The van der Waals surface area contributed by atoms with Gasteiger partial charge in [-0.2, -0.15) is 0 Å². The van der Waals surface area contributed by atoms with Crippen molar-refractivity contribution >= 4 is 11.6 Å². The first-order valence-corrected chi connectivity index (χ1v) is 7.99. The van der Waals surface area contributed by atoms with Crippen LogP contribution in [0.4, 0.5) is 0 Å². The Kier molecular flexibility index (Phi) is 7.57. The first-order chi connectivity index (χ1) is 9.49. The lowest BCUT2D eigenvalue weighted by Crippen LogP contribution is -2.42. The number of rotatable bonds is 8. The van der Waals surface area contributed by atoms with E-state index in [9.17, 15) is 0 Å². The summed E-state index contributed by atoms with van der Waals surface area (Å²) < 4.78 is 0. The largest absolute Gasteiger partial charge is 0.311 e. The maximum Gasteiger partial charge on any atom is 0.0408 e. The first kappa shape index (κ1) is 17.5. The van der Waals surface area contributed by atoms with Crippen LogP contribution in [0.1, 0.15) is 37.8 Å². The highest BCUT2D eigenvalue weighted by Crippen LogP contribution is 2.17. The minimum absolute atomic E-state index is 0.595. The van der Waals surface area contributed by atoms with Crippen molar-refractivity contribution in [1.82, 2.24) is 10.2 Å². The number of hydrogen-bond donors (Lipinski definition) is 1. The Labute approximate surface area is 129 Å². The number of halogens is 1. The third-order valence-corrected chi connectivity index (χ3v) is 4.46. The van der Waals surface area contributed by atoms with Crippen LogP contribution >= 0.6 is 11.6 Å². The minimum atomic E-state index is 0.595. The second-order valence-electron chi connectivity index (χ2n) is 5.81. The predicted molar refractivity (Wildman–Crippen MR) is 89.4 cm³/mol. The van der Waals surface area contributed by atoms with Crippen molar-refractivity contribution in [3.8, 4) is 0 Å². The molecule has 20 heavy (non-hydrogen) atoms. The molecule has 0 heterocycles. The zero-order chi connectivity index (χ0) is 15.1. The van der Waals surface area contributed by atoms with Gasteiger partial charge >= 0.3 is 0 Å². The first-order valence-electron chi connectivity index (χ1n) is 7.61. The van der Waals surface area contributed by atoms with Crippen LogP contribution < -0.4 is 5.32 Å². The van der Waals surface area contributed by atoms with Crippen LogP contribution in [0, 0.1) is 12.8 Å². The molecule has 0 aliphatic rings. The van der Waals surface area contributed by atoms with E-state index < -0.39 is 0 Å². The van der Waals surface area contributed by atoms with Gasteiger partial charge in [-0.3, -0.25) is 0 Å². The van der Waals surface area contributed by atoms with Crippen molar-refractivity contribution in [1.29, 1.82) is 0 Å². The molecule has 0 bridgehead atoms. The van der Waals surface area contributed by atoms with Gasteiger partial charge < -0.3 is 10.2 Å².